The molecular formula is C11H17NO3. The monoisotopic (exact) mass is 211 g/mol. The Balaban J connectivity index is 2.80. The van der Waals surface area contributed by atoms with Crippen LogP contribution in [-0.2, 0) is 6.54 Å². The van der Waals surface area contributed by atoms with E-state index < -0.39 is 18.8 Å². The molecule has 0 saturated heterocycles. The second kappa shape index (κ2) is 5.82. The molecule has 0 heterocycles. The van der Waals surface area contributed by atoms with Gasteiger partial charge in [0.1, 0.15) is 12.2 Å². The fourth-order valence-electron chi connectivity index (χ4n) is 1.41. The largest absolute Gasteiger partial charge is 0.394 e. The highest BCUT2D eigenvalue weighted by Gasteiger charge is 2.17. The first kappa shape index (κ1) is 12.1. The van der Waals surface area contributed by atoms with Crippen molar-refractivity contribution in [3.8, 4) is 0 Å². The molecule has 4 N–H and O–H groups in total. The maximum atomic E-state index is 9.65. The van der Waals surface area contributed by atoms with Crippen LogP contribution in [0, 0.1) is 0 Å². The first-order valence-electron chi connectivity index (χ1n) is 4.89. The number of hydrogen-bond acceptors (Lipinski definition) is 4. The molecule has 4 heteroatoms. The second-order valence-electron chi connectivity index (χ2n) is 3.47. The predicted octanol–water partition coefficient (Wildman–Crippen LogP) is -0.207. The molecule has 0 spiro atoms. The van der Waals surface area contributed by atoms with E-state index in [0.29, 0.717) is 12.1 Å². The third-order valence-corrected chi connectivity index (χ3v) is 2.22. The van der Waals surface area contributed by atoms with Crippen LogP contribution >= 0.6 is 0 Å². The lowest BCUT2D eigenvalue weighted by atomic mass is 10.0. The molecule has 2 atom stereocenters. The van der Waals surface area contributed by atoms with Gasteiger partial charge < -0.3 is 20.6 Å². The summed E-state index contributed by atoms with van der Waals surface area (Å²) in [7, 11) is 1.84. The summed E-state index contributed by atoms with van der Waals surface area (Å²) in [6.07, 6.45) is -2.17. The summed E-state index contributed by atoms with van der Waals surface area (Å²) in [6, 6.07) is 7.27. The number of hydrogen-bond donors (Lipinski definition) is 4. The predicted molar refractivity (Wildman–Crippen MR) is 57.3 cm³/mol. The Bertz CT molecular complexity index is 304. The van der Waals surface area contributed by atoms with Gasteiger partial charge in [0.15, 0.2) is 0 Å². The molecule has 15 heavy (non-hydrogen) atoms. The van der Waals surface area contributed by atoms with E-state index in [2.05, 4.69) is 5.32 Å². The third-order valence-electron chi connectivity index (χ3n) is 2.22. The summed E-state index contributed by atoms with van der Waals surface area (Å²) >= 11 is 0. The molecular weight excluding hydrogens is 194 g/mol. The Morgan fingerprint density at radius 1 is 1.33 bits per heavy atom. The van der Waals surface area contributed by atoms with Gasteiger partial charge in [0, 0.05) is 6.54 Å². The minimum atomic E-state index is -1.13. The first-order chi connectivity index (χ1) is 7.19. The summed E-state index contributed by atoms with van der Waals surface area (Å²) in [5.41, 5.74) is 1.64. The molecule has 0 aliphatic rings. The first-order valence-corrected chi connectivity index (χ1v) is 4.89. The highest BCUT2D eigenvalue weighted by Crippen LogP contribution is 2.17. The summed E-state index contributed by atoms with van der Waals surface area (Å²) in [6.45, 7) is 0.257. The van der Waals surface area contributed by atoms with Gasteiger partial charge in [-0.3, -0.25) is 0 Å². The molecule has 0 aliphatic carbocycles. The Morgan fingerprint density at radius 2 is 2.07 bits per heavy atom. The molecule has 0 aromatic heterocycles. The zero-order valence-electron chi connectivity index (χ0n) is 8.72. The molecule has 0 amide bonds. The second-order valence-corrected chi connectivity index (χ2v) is 3.47. The Kier molecular flexibility index (Phi) is 4.71. The van der Waals surface area contributed by atoms with E-state index in [1.54, 1.807) is 12.1 Å². The van der Waals surface area contributed by atoms with Gasteiger partial charge in [0.25, 0.3) is 0 Å². The number of nitrogens with one attached hydrogen (secondary N) is 1. The van der Waals surface area contributed by atoms with E-state index in [1.165, 1.54) is 0 Å². The van der Waals surface area contributed by atoms with E-state index in [-0.39, 0.29) is 0 Å². The molecule has 1 aromatic rings. The van der Waals surface area contributed by atoms with Crippen molar-refractivity contribution in [3.63, 3.8) is 0 Å². The average molecular weight is 211 g/mol. The van der Waals surface area contributed by atoms with Crippen molar-refractivity contribution < 1.29 is 15.3 Å². The maximum Gasteiger partial charge on any atom is 0.107 e. The normalized spacial score (nSPS) is 14.9. The maximum absolute atomic E-state index is 9.65. The molecule has 0 radical (unpaired) electrons. The van der Waals surface area contributed by atoms with E-state index in [1.807, 2.05) is 19.2 Å². The van der Waals surface area contributed by atoms with Crippen molar-refractivity contribution in [1.82, 2.24) is 5.32 Å². The number of aliphatic hydroxyl groups excluding tert-OH is 3. The summed E-state index contributed by atoms with van der Waals surface area (Å²) in [5.74, 6) is 0. The van der Waals surface area contributed by atoms with Crippen molar-refractivity contribution in [2.45, 2.75) is 18.8 Å². The minimum absolute atomic E-state index is 0.447. The van der Waals surface area contributed by atoms with E-state index in [9.17, 15) is 10.2 Å². The van der Waals surface area contributed by atoms with Gasteiger partial charge in [-0.25, -0.2) is 0 Å². The number of benzene rings is 1. The van der Waals surface area contributed by atoms with Crippen molar-refractivity contribution in [2.75, 3.05) is 13.7 Å². The zero-order chi connectivity index (χ0) is 11.3. The quantitative estimate of drug-likeness (QED) is 0.544. The molecule has 4 nitrogen and oxygen atoms in total. The fourth-order valence-corrected chi connectivity index (χ4v) is 1.41. The van der Waals surface area contributed by atoms with Crippen molar-refractivity contribution in [2.24, 2.45) is 0 Å². The molecule has 84 valence electrons. The lowest BCUT2D eigenvalue weighted by Crippen LogP contribution is -2.22. The van der Waals surface area contributed by atoms with Gasteiger partial charge in [0.2, 0.25) is 0 Å². The third kappa shape index (κ3) is 3.28. The molecule has 0 aliphatic heterocycles. The van der Waals surface area contributed by atoms with Crippen LogP contribution in [0.5, 0.6) is 0 Å². The topological polar surface area (TPSA) is 72.7 Å². The molecule has 0 bridgehead atoms. The zero-order valence-corrected chi connectivity index (χ0v) is 8.72. The van der Waals surface area contributed by atoms with Crippen LogP contribution in [0.2, 0.25) is 0 Å². The molecule has 0 fully saturated rings. The van der Waals surface area contributed by atoms with E-state index in [0.717, 1.165) is 5.56 Å². The standard InChI is InChI=1S/C11H17NO3/c1-12-6-8-3-2-4-9(5-8)11(15)10(14)7-13/h2-5,10-15H,6-7H2,1H3. The fraction of sp³-hybridized carbons (Fsp3) is 0.455. The van der Waals surface area contributed by atoms with Crippen molar-refractivity contribution in [3.05, 3.63) is 35.4 Å². The van der Waals surface area contributed by atoms with Crippen LogP contribution in [0.4, 0.5) is 0 Å². The lowest BCUT2D eigenvalue weighted by Gasteiger charge is -2.16. The Labute approximate surface area is 89.2 Å². The lowest BCUT2D eigenvalue weighted by molar-refractivity contribution is -0.0152. The van der Waals surface area contributed by atoms with Gasteiger partial charge in [-0.2, -0.15) is 0 Å². The highest BCUT2D eigenvalue weighted by atomic mass is 16.4. The smallest absolute Gasteiger partial charge is 0.107 e. The minimum Gasteiger partial charge on any atom is -0.394 e. The van der Waals surface area contributed by atoms with Gasteiger partial charge in [-0.1, -0.05) is 24.3 Å². The van der Waals surface area contributed by atoms with Crippen molar-refractivity contribution >= 4 is 0 Å². The van der Waals surface area contributed by atoms with Gasteiger partial charge in [-0.05, 0) is 18.2 Å². The van der Waals surface area contributed by atoms with E-state index >= 15 is 0 Å². The van der Waals surface area contributed by atoms with Gasteiger partial charge in [-0.15, -0.1) is 0 Å². The Hall–Kier alpha value is -0.940. The van der Waals surface area contributed by atoms with Crippen LogP contribution in [0.1, 0.15) is 17.2 Å². The summed E-state index contributed by atoms with van der Waals surface area (Å²) in [4.78, 5) is 0. The molecule has 2 unspecified atom stereocenters. The van der Waals surface area contributed by atoms with Crippen LogP contribution in [0.25, 0.3) is 0 Å². The van der Waals surface area contributed by atoms with Crippen LogP contribution in [0.15, 0.2) is 24.3 Å². The van der Waals surface area contributed by atoms with E-state index in [4.69, 9.17) is 5.11 Å². The SMILES string of the molecule is CNCc1cccc(C(O)C(O)CO)c1. The van der Waals surface area contributed by atoms with Gasteiger partial charge >= 0.3 is 0 Å². The van der Waals surface area contributed by atoms with Crippen LogP contribution in [-0.4, -0.2) is 35.1 Å². The molecule has 1 rings (SSSR count). The number of rotatable bonds is 5. The average Bonchev–Trinajstić information content (AvgIpc) is 2.28. The molecule has 1 aromatic carbocycles. The Morgan fingerprint density at radius 3 is 2.67 bits per heavy atom. The number of aliphatic hydroxyl groups is 3. The summed E-state index contributed by atoms with van der Waals surface area (Å²) < 4.78 is 0. The summed E-state index contributed by atoms with van der Waals surface area (Å²) in [5, 5.41) is 30.7. The van der Waals surface area contributed by atoms with Crippen LogP contribution < -0.4 is 5.32 Å². The van der Waals surface area contributed by atoms with Gasteiger partial charge in [0.05, 0.1) is 6.61 Å². The molecule has 0 saturated carbocycles. The van der Waals surface area contributed by atoms with Crippen molar-refractivity contribution in [1.29, 1.82) is 0 Å². The van der Waals surface area contributed by atoms with Crippen LogP contribution in [0.3, 0.4) is 0 Å². The highest BCUT2D eigenvalue weighted by molar-refractivity contribution is 5.25.